The number of hydrogen-bond acceptors (Lipinski definition) is 5. The standard InChI is InChI=1S/C28H28Cl2N4O3/c1-19-23(20(2)34(31-19)21-7-4-3-5-8-21)17-32-13-15-33(16-14-32)28(35)26-12-11-22(37-26)18-36-25-10-6-9-24(29)27(25)30/h3-12H,13-18H2,1-2H3. The fourth-order valence-electron chi connectivity index (χ4n) is 4.53. The number of halogens is 2. The third kappa shape index (κ3) is 5.54. The quantitative estimate of drug-likeness (QED) is 0.292. The van der Waals surface area contributed by atoms with Gasteiger partial charge in [-0.1, -0.05) is 47.5 Å². The number of para-hydroxylation sites is 1. The van der Waals surface area contributed by atoms with Crippen LogP contribution in [0, 0.1) is 13.8 Å². The third-order valence-corrected chi connectivity index (χ3v) is 7.44. The highest BCUT2D eigenvalue weighted by molar-refractivity contribution is 6.42. The first-order chi connectivity index (χ1) is 17.9. The number of carbonyl (C=O) groups is 1. The van der Waals surface area contributed by atoms with Gasteiger partial charge in [-0.25, -0.2) is 4.68 Å². The van der Waals surface area contributed by atoms with Crippen molar-refractivity contribution in [2.45, 2.75) is 27.0 Å². The normalized spacial score (nSPS) is 14.2. The van der Waals surface area contributed by atoms with Gasteiger partial charge in [-0.2, -0.15) is 5.10 Å². The van der Waals surface area contributed by atoms with Crippen molar-refractivity contribution in [1.82, 2.24) is 19.6 Å². The molecular formula is C28H28Cl2N4O3. The van der Waals surface area contributed by atoms with Crippen LogP contribution in [0.4, 0.5) is 0 Å². The molecule has 3 heterocycles. The Morgan fingerprint density at radius 2 is 1.73 bits per heavy atom. The highest BCUT2D eigenvalue weighted by atomic mass is 35.5. The number of aromatic nitrogens is 2. The van der Waals surface area contributed by atoms with E-state index in [-0.39, 0.29) is 12.5 Å². The van der Waals surface area contributed by atoms with E-state index < -0.39 is 0 Å². The minimum Gasteiger partial charge on any atom is -0.484 e. The molecule has 0 atom stereocenters. The first-order valence-corrected chi connectivity index (χ1v) is 12.9. The van der Waals surface area contributed by atoms with Crippen molar-refractivity contribution in [2.24, 2.45) is 0 Å². The summed E-state index contributed by atoms with van der Waals surface area (Å²) in [5, 5.41) is 5.53. The molecular weight excluding hydrogens is 511 g/mol. The van der Waals surface area contributed by atoms with Crippen LogP contribution in [-0.2, 0) is 13.2 Å². The number of carbonyl (C=O) groups excluding carboxylic acids is 1. The number of aryl methyl sites for hydroxylation is 1. The number of hydrogen-bond donors (Lipinski definition) is 0. The minimum atomic E-state index is -0.115. The molecule has 1 aliphatic rings. The lowest BCUT2D eigenvalue weighted by molar-refractivity contribution is 0.0593. The summed E-state index contributed by atoms with van der Waals surface area (Å²) in [6.45, 7) is 7.96. The van der Waals surface area contributed by atoms with E-state index in [1.807, 2.05) is 27.8 Å². The molecule has 9 heteroatoms. The second-order valence-corrected chi connectivity index (χ2v) is 9.86. The van der Waals surface area contributed by atoms with E-state index in [0.717, 1.165) is 36.7 Å². The van der Waals surface area contributed by atoms with E-state index in [0.29, 0.717) is 40.4 Å². The lowest BCUT2D eigenvalue weighted by atomic mass is 10.1. The largest absolute Gasteiger partial charge is 0.484 e. The first-order valence-electron chi connectivity index (χ1n) is 12.2. The van der Waals surface area contributed by atoms with Gasteiger partial charge in [-0.05, 0) is 50.2 Å². The molecule has 0 saturated carbocycles. The zero-order valence-electron chi connectivity index (χ0n) is 20.8. The molecule has 0 unspecified atom stereocenters. The summed E-state index contributed by atoms with van der Waals surface area (Å²) in [4.78, 5) is 17.2. The van der Waals surface area contributed by atoms with E-state index in [9.17, 15) is 4.79 Å². The number of furan rings is 1. The van der Waals surface area contributed by atoms with Gasteiger partial charge in [0.25, 0.3) is 5.91 Å². The van der Waals surface area contributed by atoms with Crippen molar-refractivity contribution in [3.8, 4) is 11.4 Å². The van der Waals surface area contributed by atoms with Crippen molar-refractivity contribution in [3.05, 3.63) is 99.2 Å². The molecule has 0 spiro atoms. The number of rotatable bonds is 7. The molecule has 0 aliphatic carbocycles. The van der Waals surface area contributed by atoms with Crippen molar-refractivity contribution in [1.29, 1.82) is 0 Å². The highest BCUT2D eigenvalue weighted by Gasteiger charge is 2.26. The minimum absolute atomic E-state index is 0.115. The van der Waals surface area contributed by atoms with E-state index in [4.69, 9.17) is 37.5 Å². The number of piperazine rings is 1. The van der Waals surface area contributed by atoms with E-state index >= 15 is 0 Å². The first kappa shape index (κ1) is 25.4. The zero-order chi connectivity index (χ0) is 25.9. The summed E-state index contributed by atoms with van der Waals surface area (Å²) in [5.74, 6) is 1.20. The van der Waals surface area contributed by atoms with Crippen molar-refractivity contribution in [3.63, 3.8) is 0 Å². The topological polar surface area (TPSA) is 63.7 Å². The van der Waals surface area contributed by atoms with E-state index in [2.05, 4.69) is 30.9 Å². The molecule has 192 valence electrons. The molecule has 0 bridgehead atoms. The van der Waals surface area contributed by atoms with Gasteiger partial charge in [0.15, 0.2) is 5.76 Å². The molecule has 37 heavy (non-hydrogen) atoms. The fraction of sp³-hybridized carbons (Fsp3) is 0.286. The summed E-state index contributed by atoms with van der Waals surface area (Å²) in [6, 6.07) is 18.8. The molecule has 0 radical (unpaired) electrons. The van der Waals surface area contributed by atoms with Gasteiger partial charge in [0.2, 0.25) is 0 Å². The van der Waals surface area contributed by atoms with Crippen LogP contribution < -0.4 is 4.74 Å². The third-order valence-electron chi connectivity index (χ3n) is 6.64. The summed E-state index contributed by atoms with van der Waals surface area (Å²) < 4.78 is 13.5. The Hall–Kier alpha value is -3.26. The number of nitrogens with zero attached hydrogens (tertiary/aromatic N) is 4. The Balaban J connectivity index is 1.16. The Bertz CT molecular complexity index is 1390. The second-order valence-electron chi connectivity index (χ2n) is 9.07. The van der Waals surface area contributed by atoms with Crippen LogP contribution in [0.2, 0.25) is 10.0 Å². The monoisotopic (exact) mass is 538 g/mol. The Morgan fingerprint density at radius 1 is 0.973 bits per heavy atom. The summed E-state index contributed by atoms with van der Waals surface area (Å²) in [7, 11) is 0. The second kappa shape index (κ2) is 11.0. The van der Waals surface area contributed by atoms with Crippen LogP contribution in [0.25, 0.3) is 5.69 Å². The maximum atomic E-state index is 13.0. The van der Waals surface area contributed by atoms with Crippen molar-refractivity contribution in [2.75, 3.05) is 26.2 Å². The predicted octanol–water partition coefficient (Wildman–Crippen LogP) is 5.93. The average Bonchev–Trinajstić information content (AvgIpc) is 3.50. The van der Waals surface area contributed by atoms with Crippen LogP contribution in [0.15, 0.2) is 65.1 Å². The van der Waals surface area contributed by atoms with Gasteiger partial charge in [-0.15, -0.1) is 0 Å². The molecule has 2 aromatic carbocycles. The molecule has 1 saturated heterocycles. The molecule has 0 N–H and O–H groups in total. The summed E-state index contributed by atoms with van der Waals surface area (Å²) in [6.07, 6.45) is 0. The predicted molar refractivity (Wildman–Crippen MR) is 144 cm³/mol. The Morgan fingerprint density at radius 3 is 2.49 bits per heavy atom. The van der Waals surface area contributed by atoms with Crippen LogP contribution in [-0.4, -0.2) is 51.7 Å². The molecule has 1 amide bonds. The number of benzene rings is 2. The van der Waals surface area contributed by atoms with Crippen LogP contribution in [0.1, 0.15) is 33.3 Å². The molecule has 2 aromatic heterocycles. The van der Waals surface area contributed by atoms with Gasteiger partial charge >= 0.3 is 0 Å². The highest BCUT2D eigenvalue weighted by Crippen LogP contribution is 2.32. The molecule has 7 nitrogen and oxygen atoms in total. The zero-order valence-corrected chi connectivity index (χ0v) is 22.3. The van der Waals surface area contributed by atoms with Gasteiger partial charge in [0.05, 0.1) is 16.4 Å². The Kier molecular flexibility index (Phi) is 7.55. The van der Waals surface area contributed by atoms with E-state index in [1.54, 1.807) is 30.3 Å². The fourth-order valence-corrected chi connectivity index (χ4v) is 4.87. The lowest BCUT2D eigenvalue weighted by Gasteiger charge is -2.34. The Labute approximate surface area is 226 Å². The van der Waals surface area contributed by atoms with Crippen molar-refractivity contribution >= 4 is 29.1 Å². The van der Waals surface area contributed by atoms with Gasteiger partial charge < -0.3 is 14.1 Å². The maximum absolute atomic E-state index is 13.0. The molecule has 5 rings (SSSR count). The van der Waals surface area contributed by atoms with Gasteiger partial charge in [-0.3, -0.25) is 9.69 Å². The van der Waals surface area contributed by atoms with Gasteiger partial charge in [0, 0.05) is 44.0 Å². The molecule has 4 aromatic rings. The van der Waals surface area contributed by atoms with Crippen molar-refractivity contribution < 1.29 is 13.9 Å². The molecule has 1 fully saturated rings. The SMILES string of the molecule is Cc1nn(-c2ccccc2)c(C)c1CN1CCN(C(=O)c2ccc(COc3cccc(Cl)c3Cl)o2)CC1. The molecule has 1 aliphatic heterocycles. The maximum Gasteiger partial charge on any atom is 0.289 e. The van der Waals surface area contributed by atoms with Gasteiger partial charge in [0.1, 0.15) is 23.1 Å². The summed E-state index contributed by atoms with van der Waals surface area (Å²) in [5.41, 5.74) is 4.47. The lowest BCUT2D eigenvalue weighted by Crippen LogP contribution is -2.48. The van der Waals surface area contributed by atoms with E-state index in [1.165, 1.54) is 5.56 Å². The smallest absolute Gasteiger partial charge is 0.289 e. The van der Waals surface area contributed by atoms with Crippen LogP contribution in [0.5, 0.6) is 5.75 Å². The number of amides is 1. The van der Waals surface area contributed by atoms with Crippen LogP contribution in [0.3, 0.4) is 0 Å². The number of ether oxygens (including phenoxy) is 1. The van der Waals surface area contributed by atoms with Crippen LogP contribution >= 0.6 is 23.2 Å². The summed E-state index contributed by atoms with van der Waals surface area (Å²) >= 11 is 12.2. The average molecular weight is 539 g/mol.